The number of thioether (sulfide) groups is 1. The van der Waals surface area contributed by atoms with Crippen LogP contribution >= 0.6 is 39.9 Å². The average Bonchev–Trinajstić information content (AvgIpc) is 2.83. The second kappa shape index (κ2) is 7.09. The number of carbonyl (C=O) groups is 1. The molecule has 1 amide bonds. The Morgan fingerprint density at radius 1 is 1.08 bits per heavy atom. The topological polar surface area (TPSA) is 23.6 Å². The van der Waals surface area contributed by atoms with Gasteiger partial charge < -0.3 is 4.90 Å². The van der Waals surface area contributed by atoms with Gasteiger partial charge in [0, 0.05) is 24.3 Å². The van der Waals surface area contributed by atoms with Crippen molar-refractivity contribution in [2.24, 2.45) is 0 Å². The van der Waals surface area contributed by atoms with Crippen molar-refractivity contribution in [3.8, 4) is 0 Å². The maximum Gasteiger partial charge on any atom is 0.270 e. The summed E-state index contributed by atoms with van der Waals surface area (Å²) in [7, 11) is 4.00. The number of halogens is 1. The van der Waals surface area contributed by atoms with Crippen LogP contribution in [0.4, 0.5) is 11.4 Å². The summed E-state index contributed by atoms with van der Waals surface area (Å²) in [4.78, 5) is 17.0. The molecule has 1 saturated heterocycles. The number of amides is 1. The predicted octanol–water partition coefficient (Wildman–Crippen LogP) is 4.92. The molecule has 1 heterocycles. The third-order valence-electron chi connectivity index (χ3n) is 3.59. The smallest absolute Gasteiger partial charge is 0.270 e. The number of hydrogen-bond donors (Lipinski definition) is 0. The van der Waals surface area contributed by atoms with Crippen LogP contribution in [0.2, 0.25) is 0 Å². The van der Waals surface area contributed by atoms with Gasteiger partial charge in [0.05, 0.1) is 10.6 Å². The van der Waals surface area contributed by atoms with E-state index in [9.17, 15) is 4.79 Å². The molecule has 1 fully saturated rings. The number of carbonyl (C=O) groups excluding carboxylic acids is 1. The molecule has 1 aliphatic rings. The monoisotopic (exact) mass is 418 g/mol. The Hall–Kier alpha value is -1.63. The molecule has 122 valence electrons. The number of hydrogen-bond acceptors (Lipinski definition) is 4. The molecule has 2 aromatic rings. The zero-order valence-electron chi connectivity index (χ0n) is 13.2. The Balaban J connectivity index is 1.86. The summed E-state index contributed by atoms with van der Waals surface area (Å²) in [5.41, 5.74) is 2.89. The van der Waals surface area contributed by atoms with Gasteiger partial charge in [-0.15, -0.1) is 0 Å². The quantitative estimate of drug-likeness (QED) is 0.521. The number of rotatable bonds is 3. The van der Waals surface area contributed by atoms with Gasteiger partial charge in [0.1, 0.15) is 0 Å². The van der Waals surface area contributed by atoms with Crippen LogP contribution < -0.4 is 9.80 Å². The molecule has 24 heavy (non-hydrogen) atoms. The van der Waals surface area contributed by atoms with Crippen LogP contribution in [0.25, 0.3) is 6.08 Å². The lowest BCUT2D eigenvalue weighted by molar-refractivity contribution is -0.113. The van der Waals surface area contributed by atoms with Crippen molar-refractivity contribution in [2.75, 3.05) is 23.9 Å². The first-order valence-electron chi connectivity index (χ1n) is 7.26. The Morgan fingerprint density at radius 2 is 1.71 bits per heavy atom. The van der Waals surface area contributed by atoms with E-state index in [1.807, 2.05) is 73.6 Å². The highest BCUT2D eigenvalue weighted by molar-refractivity contribution is 9.10. The van der Waals surface area contributed by atoms with Crippen LogP contribution in [0.1, 0.15) is 5.56 Å². The highest BCUT2D eigenvalue weighted by Crippen LogP contribution is 2.36. The molecule has 0 bridgehead atoms. The summed E-state index contributed by atoms with van der Waals surface area (Å²) in [5, 5.41) is 0. The molecular formula is C18H15BrN2OS2. The van der Waals surface area contributed by atoms with Gasteiger partial charge >= 0.3 is 0 Å². The van der Waals surface area contributed by atoms with Crippen molar-refractivity contribution in [3.05, 3.63) is 63.5 Å². The van der Waals surface area contributed by atoms with E-state index in [0.29, 0.717) is 9.23 Å². The van der Waals surface area contributed by atoms with Crippen LogP contribution in [0.3, 0.4) is 0 Å². The number of anilines is 2. The van der Waals surface area contributed by atoms with E-state index in [0.717, 1.165) is 21.4 Å². The highest BCUT2D eigenvalue weighted by atomic mass is 79.9. The Morgan fingerprint density at radius 3 is 2.29 bits per heavy atom. The molecule has 1 aliphatic heterocycles. The van der Waals surface area contributed by atoms with Gasteiger partial charge in [-0.25, -0.2) is 0 Å². The van der Waals surface area contributed by atoms with E-state index in [1.165, 1.54) is 11.8 Å². The first kappa shape index (κ1) is 17.2. The third kappa shape index (κ3) is 3.55. The van der Waals surface area contributed by atoms with Crippen LogP contribution in [0.15, 0.2) is 57.9 Å². The molecule has 3 nitrogen and oxygen atoms in total. The Kier molecular flexibility index (Phi) is 5.08. The zero-order chi connectivity index (χ0) is 17.3. The SMILES string of the molecule is CN(C)c1ccc(/C=C2\SC(=S)N(c3ccc(Br)cc3)C2=O)cc1. The summed E-state index contributed by atoms with van der Waals surface area (Å²) in [5.74, 6) is -0.0796. The Bertz CT molecular complexity index is 814. The molecule has 0 saturated carbocycles. The predicted molar refractivity (Wildman–Crippen MR) is 111 cm³/mol. The summed E-state index contributed by atoms with van der Waals surface area (Å²) in [6.07, 6.45) is 1.89. The van der Waals surface area contributed by atoms with Gasteiger partial charge in [-0.1, -0.05) is 52.0 Å². The minimum atomic E-state index is -0.0796. The lowest BCUT2D eigenvalue weighted by atomic mass is 10.2. The average molecular weight is 419 g/mol. The lowest BCUT2D eigenvalue weighted by Crippen LogP contribution is -2.27. The molecule has 0 N–H and O–H groups in total. The molecule has 3 rings (SSSR count). The van der Waals surface area contributed by atoms with E-state index in [-0.39, 0.29) is 5.91 Å². The maximum atomic E-state index is 12.7. The van der Waals surface area contributed by atoms with Crippen molar-refractivity contribution in [3.63, 3.8) is 0 Å². The normalized spacial score (nSPS) is 16.1. The van der Waals surface area contributed by atoms with Gasteiger partial charge in [0.25, 0.3) is 5.91 Å². The maximum absolute atomic E-state index is 12.7. The van der Waals surface area contributed by atoms with Crippen molar-refractivity contribution in [1.82, 2.24) is 0 Å². The van der Waals surface area contributed by atoms with E-state index in [2.05, 4.69) is 15.9 Å². The molecule has 6 heteroatoms. The summed E-state index contributed by atoms with van der Waals surface area (Å²) in [6, 6.07) is 15.6. The van der Waals surface area contributed by atoms with E-state index in [4.69, 9.17) is 12.2 Å². The minimum Gasteiger partial charge on any atom is -0.378 e. The van der Waals surface area contributed by atoms with Gasteiger partial charge in [-0.2, -0.15) is 0 Å². The Labute approximate surface area is 159 Å². The van der Waals surface area contributed by atoms with Crippen molar-refractivity contribution in [1.29, 1.82) is 0 Å². The molecular weight excluding hydrogens is 404 g/mol. The van der Waals surface area contributed by atoms with Gasteiger partial charge in [0.15, 0.2) is 4.32 Å². The molecule has 0 aromatic heterocycles. The lowest BCUT2D eigenvalue weighted by Gasteiger charge is -2.14. The standard InChI is InChI=1S/C18H15BrN2OS2/c1-20(2)14-7-3-12(4-8-14)11-16-17(22)21(18(23)24-16)15-9-5-13(19)6-10-15/h3-11H,1-2H3/b16-11-. The number of benzene rings is 2. The molecule has 0 unspecified atom stereocenters. The molecule has 0 spiro atoms. The first-order chi connectivity index (χ1) is 11.5. The largest absolute Gasteiger partial charge is 0.378 e. The highest BCUT2D eigenvalue weighted by Gasteiger charge is 2.33. The van der Waals surface area contributed by atoms with Crippen LogP contribution in [-0.4, -0.2) is 24.3 Å². The van der Waals surface area contributed by atoms with Crippen LogP contribution in [-0.2, 0) is 4.79 Å². The minimum absolute atomic E-state index is 0.0796. The third-order valence-corrected chi connectivity index (χ3v) is 5.42. The van der Waals surface area contributed by atoms with E-state index in [1.54, 1.807) is 4.90 Å². The molecule has 0 atom stereocenters. The van der Waals surface area contributed by atoms with E-state index < -0.39 is 0 Å². The summed E-state index contributed by atoms with van der Waals surface area (Å²) in [6.45, 7) is 0. The second-order valence-electron chi connectivity index (χ2n) is 5.48. The van der Waals surface area contributed by atoms with Gasteiger partial charge in [0.2, 0.25) is 0 Å². The van der Waals surface area contributed by atoms with E-state index >= 15 is 0 Å². The summed E-state index contributed by atoms with van der Waals surface area (Å²) >= 11 is 10.1. The number of nitrogens with zero attached hydrogens (tertiary/aromatic N) is 2. The fraction of sp³-hybridized carbons (Fsp3) is 0.111. The summed E-state index contributed by atoms with van der Waals surface area (Å²) < 4.78 is 1.52. The van der Waals surface area contributed by atoms with Crippen LogP contribution in [0, 0.1) is 0 Å². The van der Waals surface area contributed by atoms with Crippen molar-refractivity contribution < 1.29 is 4.79 Å². The van der Waals surface area contributed by atoms with Crippen molar-refractivity contribution in [2.45, 2.75) is 0 Å². The fourth-order valence-corrected chi connectivity index (χ4v) is 3.86. The fourth-order valence-electron chi connectivity index (χ4n) is 2.30. The molecule has 0 aliphatic carbocycles. The van der Waals surface area contributed by atoms with Crippen LogP contribution in [0.5, 0.6) is 0 Å². The number of thiocarbonyl (C=S) groups is 1. The van der Waals surface area contributed by atoms with Gasteiger partial charge in [-0.3, -0.25) is 9.69 Å². The first-order valence-corrected chi connectivity index (χ1v) is 9.28. The molecule has 2 aromatic carbocycles. The zero-order valence-corrected chi connectivity index (χ0v) is 16.4. The molecule has 0 radical (unpaired) electrons. The second-order valence-corrected chi connectivity index (χ2v) is 8.07. The van der Waals surface area contributed by atoms with Gasteiger partial charge in [-0.05, 0) is 48.0 Å². The van der Waals surface area contributed by atoms with Crippen molar-refractivity contribution >= 4 is 67.6 Å².